The molecule has 0 fully saturated rings. The van der Waals surface area contributed by atoms with Crippen molar-refractivity contribution in [3.8, 4) is 22.3 Å². The zero-order chi connectivity index (χ0) is 32.9. The van der Waals surface area contributed by atoms with E-state index in [1.54, 1.807) is 0 Å². The number of nitrogens with one attached hydrogen (secondary N) is 1. The van der Waals surface area contributed by atoms with Crippen molar-refractivity contribution in [1.29, 1.82) is 5.41 Å². The first kappa shape index (κ1) is 28.6. The smallest absolute Gasteiger partial charge is 0.161 e. The Hall–Kier alpha value is -6.65. The minimum Gasteiger partial charge on any atom is -0.456 e. The highest BCUT2D eigenvalue weighted by Crippen LogP contribution is 2.42. The third kappa shape index (κ3) is 4.81. The van der Waals surface area contributed by atoms with Crippen molar-refractivity contribution < 1.29 is 4.42 Å². The molecule has 1 N–H and O–H groups in total. The summed E-state index contributed by atoms with van der Waals surface area (Å²) >= 11 is 0. The monoisotopic (exact) mass is 627 g/mol. The molecule has 0 aliphatic heterocycles. The number of aliphatic imine (C=N–C) groups is 2. The lowest BCUT2D eigenvalue weighted by Gasteiger charge is -2.16. The Morgan fingerprint density at radius 3 is 1.92 bits per heavy atom. The van der Waals surface area contributed by atoms with Crippen LogP contribution >= 0.6 is 0 Å². The van der Waals surface area contributed by atoms with Crippen molar-refractivity contribution in [1.82, 2.24) is 0 Å². The highest BCUT2D eigenvalue weighted by molar-refractivity contribution is 6.29. The average Bonchev–Trinajstić information content (AvgIpc) is 3.55. The Balaban J connectivity index is 1.22. The molecule has 9 rings (SSSR count). The highest BCUT2D eigenvalue weighted by Gasteiger charge is 2.16. The van der Waals surface area contributed by atoms with Crippen molar-refractivity contribution in [3.05, 3.63) is 169 Å². The zero-order valence-corrected chi connectivity index (χ0v) is 26.5. The molecule has 0 aliphatic rings. The second-order valence-electron chi connectivity index (χ2n) is 12.2. The fourth-order valence-corrected chi connectivity index (χ4v) is 7.11. The second kappa shape index (κ2) is 11.5. The molecule has 1 heterocycles. The van der Waals surface area contributed by atoms with Gasteiger partial charge in [0.1, 0.15) is 11.2 Å². The molecular formula is C45H29N3O. The maximum atomic E-state index is 8.53. The fraction of sp³-hybridized carbons (Fsp3) is 0. The number of nitrogens with zero attached hydrogens (tertiary/aromatic N) is 2. The number of hydrogen-bond donors (Lipinski definition) is 1. The maximum absolute atomic E-state index is 8.53. The van der Waals surface area contributed by atoms with Crippen LogP contribution in [0.5, 0.6) is 0 Å². The van der Waals surface area contributed by atoms with E-state index in [1.165, 1.54) is 37.9 Å². The van der Waals surface area contributed by atoms with Gasteiger partial charge >= 0.3 is 0 Å². The van der Waals surface area contributed by atoms with Gasteiger partial charge in [0, 0.05) is 21.9 Å². The molecule has 0 unspecified atom stereocenters. The first-order valence-corrected chi connectivity index (χ1v) is 16.3. The van der Waals surface area contributed by atoms with Gasteiger partial charge in [-0.05, 0) is 91.6 Å². The molecule has 8 aromatic carbocycles. The lowest BCUT2D eigenvalue weighted by atomic mass is 9.88. The first-order valence-electron chi connectivity index (χ1n) is 16.3. The van der Waals surface area contributed by atoms with Crippen LogP contribution in [0.15, 0.2) is 172 Å². The summed E-state index contributed by atoms with van der Waals surface area (Å²) in [5.74, 6) is 0.563. The van der Waals surface area contributed by atoms with Crippen LogP contribution in [0.3, 0.4) is 0 Å². The van der Waals surface area contributed by atoms with E-state index in [-0.39, 0.29) is 5.84 Å². The summed E-state index contributed by atoms with van der Waals surface area (Å²) in [5.41, 5.74) is 7.80. The van der Waals surface area contributed by atoms with Gasteiger partial charge in [-0.3, -0.25) is 5.41 Å². The van der Waals surface area contributed by atoms with Crippen molar-refractivity contribution >= 4 is 72.6 Å². The molecular weight excluding hydrogens is 599 g/mol. The molecule has 0 saturated carbocycles. The van der Waals surface area contributed by atoms with Gasteiger partial charge in [-0.2, -0.15) is 0 Å². The third-order valence-electron chi connectivity index (χ3n) is 9.42. The number of rotatable bonds is 4. The molecule has 49 heavy (non-hydrogen) atoms. The first-order chi connectivity index (χ1) is 24.2. The second-order valence-corrected chi connectivity index (χ2v) is 12.2. The SMILES string of the molecule is C=NC(=NC(=N)c1ccccc1)c1cccc(-c2ccc3c(c2)c2ccccc2c2cccc(-c4ccc5oc6ccccc6c5c4)c23)c1. The van der Waals surface area contributed by atoms with Gasteiger partial charge in [-0.1, -0.05) is 127 Å². The fourth-order valence-electron chi connectivity index (χ4n) is 7.11. The van der Waals surface area contributed by atoms with Crippen LogP contribution in [0.2, 0.25) is 0 Å². The summed E-state index contributed by atoms with van der Waals surface area (Å²) in [5, 5.41) is 18.1. The average molecular weight is 628 g/mol. The number of fused-ring (bicyclic) bond motifs is 9. The van der Waals surface area contributed by atoms with E-state index in [0.29, 0.717) is 5.84 Å². The number of para-hydroxylation sites is 1. The van der Waals surface area contributed by atoms with Gasteiger partial charge in [0.2, 0.25) is 0 Å². The quantitative estimate of drug-likeness (QED) is 0.118. The summed E-state index contributed by atoms with van der Waals surface area (Å²) in [6.45, 7) is 3.77. The van der Waals surface area contributed by atoms with E-state index >= 15 is 0 Å². The van der Waals surface area contributed by atoms with Gasteiger partial charge in [-0.25, -0.2) is 9.98 Å². The van der Waals surface area contributed by atoms with Crippen molar-refractivity contribution in [2.75, 3.05) is 0 Å². The van der Waals surface area contributed by atoms with E-state index in [4.69, 9.17) is 9.83 Å². The summed E-state index contributed by atoms with van der Waals surface area (Å²) in [6, 6.07) is 54.4. The number of amidine groups is 2. The van der Waals surface area contributed by atoms with E-state index in [2.05, 4.69) is 120 Å². The highest BCUT2D eigenvalue weighted by atomic mass is 16.3. The van der Waals surface area contributed by atoms with Crippen LogP contribution < -0.4 is 0 Å². The van der Waals surface area contributed by atoms with E-state index < -0.39 is 0 Å². The van der Waals surface area contributed by atoms with E-state index in [0.717, 1.165) is 49.8 Å². The molecule has 0 bridgehead atoms. The van der Waals surface area contributed by atoms with Crippen LogP contribution in [0.25, 0.3) is 76.5 Å². The van der Waals surface area contributed by atoms with Gasteiger partial charge in [0.25, 0.3) is 0 Å². The molecule has 0 spiro atoms. The van der Waals surface area contributed by atoms with Crippen LogP contribution in [0.1, 0.15) is 11.1 Å². The van der Waals surface area contributed by atoms with Crippen molar-refractivity contribution in [2.45, 2.75) is 0 Å². The predicted octanol–water partition coefficient (Wildman–Crippen LogP) is 11.9. The number of furan rings is 1. The molecule has 0 saturated heterocycles. The Morgan fingerprint density at radius 2 is 1.08 bits per heavy atom. The molecule has 1 aromatic heterocycles. The number of benzene rings is 8. The molecule has 230 valence electrons. The van der Waals surface area contributed by atoms with E-state index in [9.17, 15) is 0 Å². The lowest BCUT2D eigenvalue weighted by Crippen LogP contribution is -2.03. The maximum Gasteiger partial charge on any atom is 0.161 e. The Morgan fingerprint density at radius 1 is 0.469 bits per heavy atom. The minimum absolute atomic E-state index is 0.147. The molecule has 4 heteroatoms. The van der Waals surface area contributed by atoms with Crippen LogP contribution in [0, 0.1) is 5.41 Å². The Bertz CT molecular complexity index is 2810. The molecule has 0 aliphatic carbocycles. The Kier molecular flexibility index (Phi) is 6.73. The summed E-state index contributed by atoms with van der Waals surface area (Å²) < 4.78 is 6.16. The zero-order valence-electron chi connectivity index (χ0n) is 26.5. The topological polar surface area (TPSA) is 61.7 Å². The summed E-state index contributed by atoms with van der Waals surface area (Å²) in [6.07, 6.45) is 0. The minimum atomic E-state index is 0.147. The largest absolute Gasteiger partial charge is 0.456 e. The Labute approximate surface area is 282 Å². The molecule has 9 aromatic rings. The summed E-state index contributed by atoms with van der Waals surface area (Å²) in [7, 11) is 0. The molecule has 0 radical (unpaired) electrons. The standard InChI is InChI=1S/C45H29N3O/c1-47-45(48-44(46)28-11-3-2-4-12-28)32-14-9-13-29(25-32)30-21-23-38-39(26-30)35-16-6-5-15-34(35)37-19-10-18-33(43(37)38)31-22-24-42-40(27-31)36-17-7-8-20-41(36)49-42/h2-27,46H,1H2. The molecule has 0 amide bonds. The lowest BCUT2D eigenvalue weighted by molar-refractivity contribution is 0.669. The van der Waals surface area contributed by atoms with Gasteiger partial charge < -0.3 is 4.42 Å². The van der Waals surface area contributed by atoms with Gasteiger partial charge in [0.05, 0.1) is 0 Å². The van der Waals surface area contributed by atoms with Gasteiger partial charge in [0.15, 0.2) is 11.7 Å². The van der Waals surface area contributed by atoms with Crippen molar-refractivity contribution in [2.24, 2.45) is 9.98 Å². The van der Waals surface area contributed by atoms with Crippen molar-refractivity contribution in [3.63, 3.8) is 0 Å². The van der Waals surface area contributed by atoms with Gasteiger partial charge in [-0.15, -0.1) is 0 Å². The van der Waals surface area contributed by atoms with E-state index in [1.807, 2.05) is 54.6 Å². The van der Waals surface area contributed by atoms with Crippen LogP contribution in [-0.2, 0) is 0 Å². The normalized spacial score (nSPS) is 12.0. The summed E-state index contributed by atoms with van der Waals surface area (Å²) in [4.78, 5) is 8.74. The molecule has 0 atom stereocenters. The molecule has 4 nitrogen and oxygen atoms in total. The van der Waals surface area contributed by atoms with Crippen LogP contribution in [0.4, 0.5) is 0 Å². The third-order valence-corrected chi connectivity index (χ3v) is 9.42. The van der Waals surface area contributed by atoms with Crippen LogP contribution in [-0.4, -0.2) is 18.4 Å². The predicted molar refractivity (Wildman–Crippen MR) is 206 cm³/mol. The number of hydrogen-bond acceptors (Lipinski definition) is 2.